The van der Waals surface area contributed by atoms with Gasteiger partial charge in [0.15, 0.2) is 23.3 Å². The molecule has 0 N–H and O–H groups in total. The first-order chi connectivity index (χ1) is 50.2. The van der Waals surface area contributed by atoms with Crippen molar-refractivity contribution in [1.82, 2.24) is 4.90 Å². The minimum Gasteiger partial charge on any atom is -0.490 e. The molecule has 12 unspecified atom stereocenters. The van der Waals surface area contributed by atoms with Gasteiger partial charge in [-0.05, 0) is 218 Å². The van der Waals surface area contributed by atoms with Crippen molar-refractivity contribution in [2.45, 2.75) is 118 Å². The first-order valence-corrected chi connectivity index (χ1v) is 36.1. The molecular formula is C90H76F8N2O3. The largest absolute Gasteiger partial charge is 0.490 e. The number of alkyl halides is 1. The molecule has 13 heteroatoms. The van der Waals surface area contributed by atoms with Crippen molar-refractivity contribution in [3.05, 3.63) is 358 Å². The van der Waals surface area contributed by atoms with Crippen LogP contribution in [0.3, 0.4) is 0 Å². The number of hydrogen-bond acceptors (Lipinski definition) is 5. The van der Waals surface area contributed by atoms with Gasteiger partial charge in [-0.2, -0.15) is 0 Å². The lowest BCUT2D eigenvalue weighted by Gasteiger charge is -2.45. The summed E-state index contributed by atoms with van der Waals surface area (Å²) in [7, 11) is 0. The highest BCUT2D eigenvalue weighted by Gasteiger charge is 2.62. The van der Waals surface area contributed by atoms with E-state index < -0.39 is 63.6 Å². The van der Waals surface area contributed by atoms with Crippen LogP contribution < -0.4 is 14.4 Å². The monoisotopic (exact) mass is 1380 g/mol. The van der Waals surface area contributed by atoms with E-state index >= 15 is 35.1 Å². The lowest BCUT2D eigenvalue weighted by molar-refractivity contribution is 0.146. The highest BCUT2D eigenvalue weighted by molar-refractivity contribution is 5.93. The Labute approximate surface area is 595 Å². The summed E-state index contributed by atoms with van der Waals surface area (Å²) in [4.78, 5) is 4.30. The Kier molecular flexibility index (Phi) is 17.1. The average Bonchev–Trinajstić information content (AvgIpc) is 1.55. The molecule has 1 saturated carbocycles. The van der Waals surface area contributed by atoms with Crippen LogP contribution in [-0.4, -0.2) is 29.3 Å². The molecule has 0 bridgehead atoms. The van der Waals surface area contributed by atoms with E-state index in [0.717, 1.165) is 94.0 Å². The van der Waals surface area contributed by atoms with E-state index in [4.69, 9.17) is 14.2 Å². The standard InChI is InChI=1S/C90H76F8N2O3/c1-3-53-13-33-65(34-14-53)101-67-37-17-55(18-38-67)89(79-49-83(95)85(97)51-81(79)93)75-11-7-5-9-69(75)71-41-29-61(45-77(71)89)99(59-25-21-57(91)22-26-59)63-31-43-73-74-44-32-64(48-88(74)103-87(73)47-63)100(60-27-23-58(92)24-28-60)62-30-42-72-70-10-6-8-12-76(70)90(78(72)46-62,80-50-84(96)86(98)52-82(80)94)56-19-39-68(40-20-56)102-66-35-15-54(4-2)16-36-66/h3-5,8-9,12-15,17,19-23,25-29,31-33,35-37,39-41,43-47,49-52,54,58,64-65,70,72,74,76,78,88H,1-2,6-7,10-11,16,18,24,30,34,38,42,48H2. The van der Waals surface area contributed by atoms with Gasteiger partial charge in [0.2, 0.25) is 0 Å². The Balaban J connectivity index is 0.727. The number of fused-ring (bicyclic) bond motifs is 8. The first kappa shape index (κ1) is 66.1. The number of anilines is 3. The second kappa shape index (κ2) is 26.6. The number of benzene rings is 6. The van der Waals surface area contributed by atoms with E-state index in [1.807, 2.05) is 120 Å². The summed E-state index contributed by atoms with van der Waals surface area (Å²) in [6, 6.07) is 29.1. The Bertz CT molecular complexity index is 4920. The summed E-state index contributed by atoms with van der Waals surface area (Å²) in [5.74, 6) is -4.85. The van der Waals surface area contributed by atoms with Crippen LogP contribution in [0.2, 0.25) is 0 Å². The summed E-state index contributed by atoms with van der Waals surface area (Å²) < 4.78 is 148. The van der Waals surface area contributed by atoms with Crippen LogP contribution in [0.1, 0.15) is 116 Å². The molecule has 0 amide bonds. The molecule has 5 nitrogen and oxygen atoms in total. The molecule has 17 rings (SSSR count). The zero-order valence-corrected chi connectivity index (χ0v) is 56.8. The van der Waals surface area contributed by atoms with Crippen LogP contribution in [0.15, 0.2) is 284 Å². The number of halogens is 8. The highest BCUT2D eigenvalue weighted by Crippen LogP contribution is 2.66. The van der Waals surface area contributed by atoms with Crippen LogP contribution in [0, 0.1) is 70.3 Å². The fraction of sp³-hybridized carbons (Fsp3) is 0.267. The van der Waals surface area contributed by atoms with Gasteiger partial charge in [0, 0.05) is 100 Å². The third-order valence-corrected chi connectivity index (χ3v) is 23.6. The smallest absolute Gasteiger partial charge is 0.161 e. The topological polar surface area (TPSA) is 34.2 Å². The van der Waals surface area contributed by atoms with Gasteiger partial charge in [-0.25, -0.2) is 35.1 Å². The molecule has 520 valence electrons. The third-order valence-electron chi connectivity index (χ3n) is 23.6. The summed E-state index contributed by atoms with van der Waals surface area (Å²) >= 11 is 0. The van der Waals surface area contributed by atoms with Crippen LogP contribution in [0.25, 0.3) is 5.57 Å². The van der Waals surface area contributed by atoms with Gasteiger partial charge in [-0.1, -0.05) is 121 Å². The molecule has 10 aliphatic carbocycles. The van der Waals surface area contributed by atoms with E-state index in [0.29, 0.717) is 97.0 Å². The number of hydrogen-bond donors (Lipinski definition) is 0. The van der Waals surface area contributed by atoms with E-state index in [1.54, 1.807) is 24.3 Å². The zero-order chi connectivity index (χ0) is 70.4. The number of ether oxygens (including phenoxy) is 3. The van der Waals surface area contributed by atoms with Gasteiger partial charge in [-0.15, -0.1) is 6.58 Å². The van der Waals surface area contributed by atoms with Crippen LogP contribution in [-0.2, 0) is 15.6 Å². The van der Waals surface area contributed by atoms with Crippen LogP contribution >= 0.6 is 0 Å². The predicted molar refractivity (Wildman–Crippen MR) is 388 cm³/mol. The summed E-state index contributed by atoms with van der Waals surface area (Å²) in [6.07, 6.45) is 45.6. The van der Waals surface area contributed by atoms with Gasteiger partial charge in [0.1, 0.15) is 53.1 Å². The number of allylic oxidation sites excluding steroid dienone is 22. The van der Waals surface area contributed by atoms with Crippen molar-refractivity contribution in [3.63, 3.8) is 0 Å². The third kappa shape index (κ3) is 11.3. The fourth-order valence-electron chi connectivity index (χ4n) is 19.1. The number of nitrogens with zero attached hydrogens (tertiary/aromatic N) is 2. The van der Waals surface area contributed by atoms with Gasteiger partial charge in [0.05, 0.1) is 17.2 Å². The Morgan fingerprint density at radius 1 is 0.592 bits per heavy atom. The van der Waals surface area contributed by atoms with Crippen molar-refractivity contribution >= 4 is 22.6 Å². The predicted octanol–water partition coefficient (Wildman–Crippen LogP) is 22.8. The maximum absolute atomic E-state index is 17.3. The molecule has 1 aliphatic heterocycles. The molecule has 11 aliphatic rings. The molecule has 1 fully saturated rings. The maximum atomic E-state index is 17.3. The van der Waals surface area contributed by atoms with Gasteiger partial charge in [0.25, 0.3) is 0 Å². The normalized spacial score (nSPS) is 28.2. The van der Waals surface area contributed by atoms with Crippen molar-refractivity contribution in [3.8, 4) is 11.5 Å². The van der Waals surface area contributed by atoms with E-state index in [-0.39, 0.29) is 65.4 Å². The zero-order valence-electron chi connectivity index (χ0n) is 56.8. The van der Waals surface area contributed by atoms with E-state index in [1.165, 1.54) is 12.1 Å². The van der Waals surface area contributed by atoms with Gasteiger partial charge in [-0.3, -0.25) is 0 Å². The Morgan fingerprint density at radius 3 is 2.10 bits per heavy atom. The van der Waals surface area contributed by atoms with Crippen molar-refractivity contribution in [1.29, 1.82) is 0 Å². The first-order valence-electron chi connectivity index (χ1n) is 36.1. The van der Waals surface area contributed by atoms with E-state index in [2.05, 4.69) is 72.7 Å². The lowest BCUT2D eigenvalue weighted by atomic mass is 9.60. The molecular weight excluding hydrogens is 1310 g/mol. The molecule has 1 heterocycles. The highest BCUT2D eigenvalue weighted by atomic mass is 19.2. The molecule has 0 spiro atoms. The van der Waals surface area contributed by atoms with Crippen LogP contribution in [0.4, 0.5) is 52.2 Å². The Hall–Kier alpha value is -10.1. The quantitative estimate of drug-likeness (QED) is 0.0548. The molecule has 0 saturated heterocycles. The molecule has 0 radical (unpaired) electrons. The minimum atomic E-state index is -1.38. The molecule has 0 aromatic heterocycles. The number of rotatable bonds is 16. The van der Waals surface area contributed by atoms with Gasteiger partial charge < -0.3 is 24.0 Å². The average molecular weight is 1390 g/mol. The Morgan fingerprint density at radius 2 is 1.36 bits per heavy atom. The second-order valence-corrected chi connectivity index (χ2v) is 29.0. The molecule has 103 heavy (non-hydrogen) atoms. The molecule has 6 aromatic carbocycles. The van der Waals surface area contributed by atoms with Gasteiger partial charge >= 0.3 is 0 Å². The summed E-state index contributed by atoms with van der Waals surface area (Å²) in [6.45, 7) is 7.83. The second-order valence-electron chi connectivity index (χ2n) is 29.0. The van der Waals surface area contributed by atoms with Crippen LogP contribution in [0.5, 0.6) is 11.5 Å². The summed E-state index contributed by atoms with van der Waals surface area (Å²) in [5, 5.41) is 0. The molecule has 6 aromatic rings. The van der Waals surface area contributed by atoms with Crippen molar-refractivity contribution in [2.75, 3.05) is 4.90 Å². The summed E-state index contributed by atoms with van der Waals surface area (Å²) in [5.41, 5.74) is 8.03. The maximum Gasteiger partial charge on any atom is 0.161 e. The van der Waals surface area contributed by atoms with Crippen molar-refractivity contribution < 1.29 is 49.3 Å². The fourth-order valence-corrected chi connectivity index (χ4v) is 19.1. The van der Waals surface area contributed by atoms with E-state index in [9.17, 15) is 0 Å². The van der Waals surface area contributed by atoms with Crippen molar-refractivity contribution in [2.24, 2.45) is 29.6 Å². The molecule has 12 atom stereocenters. The lowest BCUT2D eigenvalue weighted by Crippen LogP contribution is -2.43. The SMILES string of the molecule is C=CC1=CCC(OC2=CC=C(C3(c4cc(F)c(F)cc4F)C4=C(C=CCC4)c4ccc(N(c5ccc(F)cc5)c5ccc6c(c5)OC5CC(N(C7=CCC(F)C=C7)C7=CC8C(CC7)C7CCC=CC7C8(c7ccc(OC8=CCC(C=C)C=C8)cc7)c7cc(F)c(F)cc7F)C=CC65)cc43)CC2)C=C1. The minimum absolute atomic E-state index is 0.00421.